The maximum atomic E-state index is 13.5. The number of anilines is 2. The number of carboxylic acid groups (broad SMARTS) is 1. The zero-order valence-corrected chi connectivity index (χ0v) is 17.6. The lowest BCUT2D eigenvalue weighted by atomic mass is 9.84. The van der Waals surface area contributed by atoms with Crippen LogP contribution in [0.25, 0.3) is 11.0 Å². The van der Waals surface area contributed by atoms with E-state index in [2.05, 4.69) is 9.97 Å². The topological polar surface area (TPSA) is 101 Å². The minimum absolute atomic E-state index is 0.0325. The summed E-state index contributed by atoms with van der Waals surface area (Å²) in [6.45, 7) is 1.76. The van der Waals surface area contributed by atoms with E-state index in [1.807, 2.05) is 5.32 Å². The van der Waals surface area contributed by atoms with Crippen molar-refractivity contribution in [2.24, 2.45) is 0 Å². The second-order valence-corrected chi connectivity index (χ2v) is 8.04. The number of hydrogen-bond donors (Lipinski definition) is 2. The van der Waals surface area contributed by atoms with Crippen LogP contribution in [0.5, 0.6) is 0 Å². The molecule has 3 aromatic carbocycles. The van der Waals surface area contributed by atoms with Gasteiger partial charge in [0.1, 0.15) is 6.09 Å². The molecule has 2 heterocycles. The summed E-state index contributed by atoms with van der Waals surface area (Å²) in [5, 5.41) is 12.9. The van der Waals surface area contributed by atoms with Gasteiger partial charge in [0.15, 0.2) is 0 Å². The largest absolute Gasteiger partial charge is 0.530 e. The van der Waals surface area contributed by atoms with E-state index in [9.17, 15) is 27.9 Å². The number of carbonyl (C=O) groups is 2. The zero-order chi connectivity index (χ0) is 24.3. The Morgan fingerprint density at radius 2 is 1.85 bits per heavy atom. The molecule has 0 aliphatic carbocycles. The van der Waals surface area contributed by atoms with E-state index in [0.717, 1.165) is 12.1 Å². The van der Waals surface area contributed by atoms with Crippen LogP contribution in [0.4, 0.5) is 29.6 Å². The van der Waals surface area contributed by atoms with Crippen molar-refractivity contribution in [2.75, 3.05) is 10.2 Å². The number of amides is 2. The first-order chi connectivity index (χ1) is 16.1. The minimum Gasteiger partial charge on any atom is -0.530 e. The van der Waals surface area contributed by atoms with Gasteiger partial charge in [-0.05, 0) is 54.4 Å². The van der Waals surface area contributed by atoms with Crippen LogP contribution < -0.4 is 15.3 Å². The molecule has 0 spiro atoms. The van der Waals surface area contributed by atoms with Crippen LogP contribution in [0.2, 0.25) is 0 Å². The third-order valence-corrected chi connectivity index (χ3v) is 6.03. The second kappa shape index (κ2) is 7.34. The van der Waals surface area contributed by atoms with Crippen molar-refractivity contribution in [1.82, 2.24) is 9.97 Å². The molecule has 0 radical (unpaired) electrons. The molecule has 0 saturated carbocycles. The standard InChI is InChI=1S/C24H17F3N4O3/c1-23(13-9-10-18-19(12-13)29-21(28-18)30-22(33)34)17-8-3-2-7-16(17)20(32)31(23)15-6-4-5-14(11-15)24(25,26)27/h2-12H,1H3,(H,33,34)(H2,28,29,30)/p-1. The predicted octanol–water partition coefficient (Wildman–Crippen LogP) is 4.26. The van der Waals surface area contributed by atoms with E-state index < -0.39 is 29.3 Å². The first-order valence-corrected chi connectivity index (χ1v) is 10.2. The van der Waals surface area contributed by atoms with Crippen LogP contribution in [-0.2, 0) is 11.7 Å². The number of nitrogens with one attached hydrogen (secondary N) is 2. The number of aromatic nitrogens is 2. The Labute approximate surface area is 190 Å². The van der Waals surface area contributed by atoms with Crippen molar-refractivity contribution < 1.29 is 27.9 Å². The molecule has 0 bridgehead atoms. The van der Waals surface area contributed by atoms with Crippen LogP contribution >= 0.6 is 0 Å². The molecule has 34 heavy (non-hydrogen) atoms. The van der Waals surface area contributed by atoms with Gasteiger partial charge in [-0.1, -0.05) is 30.3 Å². The van der Waals surface area contributed by atoms with Crippen LogP contribution in [0.1, 0.15) is 34.0 Å². The van der Waals surface area contributed by atoms with E-state index in [1.54, 1.807) is 49.4 Å². The second-order valence-electron chi connectivity index (χ2n) is 8.04. The lowest BCUT2D eigenvalue weighted by Gasteiger charge is -2.37. The lowest BCUT2D eigenvalue weighted by molar-refractivity contribution is -0.242. The maximum absolute atomic E-state index is 13.5. The fourth-order valence-corrected chi connectivity index (χ4v) is 4.49. The Morgan fingerprint density at radius 3 is 2.59 bits per heavy atom. The van der Waals surface area contributed by atoms with E-state index in [4.69, 9.17) is 0 Å². The average Bonchev–Trinajstić information content (AvgIpc) is 3.29. The van der Waals surface area contributed by atoms with Gasteiger partial charge >= 0.3 is 6.18 Å². The number of H-pyrrole nitrogens is 1. The van der Waals surface area contributed by atoms with E-state index in [0.29, 0.717) is 27.7 Å². The molecule has 1 aliphatic heterocycles. The summed E-state index contributed by atoms with van der Waals surface area (Å²) in [7, 11) is 0. The molecule has 0 fully saturated rings. The molecule has 172 valence electrons. The highest BCUT2D eigenvalue weighted by atomic mass is 19.4. The van der Waals surface area contributed by atoms with Crippen LogP contribution in [0.3, 0.4) is 0 Å². The molecular weight excluding hydrogens is 449 g/mol. The fraction of sp³-hybridized carbons (Fsp3) is 0.125. The van der Waals surface area contributed by atoms with Gasteiger partial charge in [-0.2, -0.15) is 13.2 Å². The molecule has 1 aliphatic rings. The summed E-state index contributed by atoms with van der Waals surface area (Å²) >= 11 is 0. The molecule has 2 amide bonds. The van der Waals surface area contributed by atoms with Gasteiger partial charge < -0.3 is 20.2 Å². The van der Waals surface area contributed by atoms with Gasteiger partial charge in [0, 0.05) is 11.3 Å². The summed E-state index contributed by atoms with van der Waals surface area (Å²) in [5.41, 5.74) is 0.623. The molecule has 1 aromatic heterocycles. The van der Waals surface area contributed by atoms with E-state index in [1.165, 1.54) is 17.0 Å². The molecule has 0 saturated heterocycles. The summed E-state index contributed by atoms with van der Waals surface area (Å²) in [6, 6.07) is 16.6. The Kier molecular flexibility index (Phi) is 4.64. The van der Waals surface area contributed by atoms with Crippen LogP contribution in [0.15, 0.2) is 66.7 Å². The summed E-state index contributed by atoms with van der Waals surface area (Å²) in [4.78, 5) is 32.6. The fourth-order valence-electron chi connectivity index (χ4n) is 4.49. The summed E-state index contributed by atoms with van der Waals surface area (Å²) in [6.07, 6.45) is -6.10. The maximum Gasteiger partial charge on any atom is 0.416 e. The van der Waals surface area contributed by atoms with Gasteiger partial charge in [-0.25, -0.2) is 4.98 Å². The zero-order valence-electron chi connectivity index (χ0n) is 17.6. The van der Waals surface area contributed by atoms with Crippen molar-refractivity contribution in [1.29, 1.82) is 0 Å². The smallest absolute Gasteiger partial charge is 0.416 e. The first-order valence-electron chi connectivity index (χ1n) is 10.2. The van der Waals surface area contributed by atoms with Gasteiger partial charge in [-0.15, -0.1) is 0 Å². The van der Waals surface area contributed by atoms with Crippen LogP contribution in [0, 0.1) is 0 Å². The lowest BCUT2D eigenvalue weighted by Crippen LogP contribution is -2.42. The van der Waals surface area contributed by atoms with Gasteiger partial charge in [0.05, 0.1) is 22.1 Å². The highest BCUT2D eigenvalue weighted by Crippen LogP contribution is 2.47. The Morgan fingerprint density at radius 1 is 1.09 bits per heavy atom. The first kappa shape index (κ1) is 21.5. The van der Waals surface area contributed by atoms with Crippen molar-refractivity contribution in [3.05, 3.63) is 89.0 Å². The quantitative estimate of drug-likeness (QED) is 0.472. The highest BCUT2D eigenvalue weighted by Gasteiger charge is 2.48. The average molecular weight is 465 g/mol. The molecule has 7 nitrogen and oxygen atoms in total. The number of alkyl halides is 3. The van der Waals surface area contributed by atoms with E-state index >= 15 is 0 Å². The van der Waals surface area contributed by atoms with Gasteiger partial charge in [0.25, 0.3) is 5.91 Å². The van der Waals surface area contributed by atoms with Gasteiger partial charge in [0.2, 0.25) is 5.95 Å². The number of carbonyl (C=O) groups excluding carboxylic acids is 2. The number of halogens is 3. The number of nitrogens with zero attached hydrogens (tertiary/aromatic N) is 2. The van der Waals surface area contributed by atoms with Crippen LogP contribution in [-0.4, -0.2) is 22.0 Å². The van der Waals surface area contributed by atoms with Crippen molar-refractivity contribution >= 4 is 34.7 Å². The Balaban J connectivity index is 1.70. The number of benzene rings is 3. The number of imidazole rings is 1. The summed E-state index contributed by atoms with van der Waals surface area (Å²) < 4.78 is 40.3. The number of aromatic amines is 1. The molecular formula is C24H16F3N4O3-. The Hall–Kier alpha value is -4.34. The molecule has 5 rings (SSSR count). The molecule has 4 aromatic rings. The normalized spacial score (nSPS) is 17.8. The summed E-state index contributed by atoms with van der Waals surface area (Å²) in [5.74, 6) is -0.462. The minimum atomic E-state index is -4.57. The van der Waals surface area contributed by atoms with E-state index in [-0.39, 0.29) is 11.6 Å². The Bertz CT molecular complexity index is 1460. The van der Waals surface area contributed by atoms with Crippen molar-refractivity contribution in [3.8, 4) is 0 Å². The molecule has 1 unspecified atom stereocenters. The third kappa shape index (κ3) is 3.26. The van der Waals surface area contributed by atoms with Crippen molar-refractivity contribution in [2.45, 2.75) is 18.6 Å². The number of hydrogen-bond acceptors (Lipinski definition) is 4. The third-order valence-electron chi connectivity index (χ3n) is 6.03. The monoisotopic (exact) mass is 465 g/mol. The molecule has 2 N–H and O–H groups in total. The predicted molar refractivity (Wildman–Crippen MR) is 116 cm³/mol. The molecule has 10 heteroatoms. The molecule has 1 atom stereocenters. The van der Waals surface area contributed by atoms with Gasteiger partial charge in [-0.3, -0.25) is 9.69 Å². The van der Waals surface area contributed by atoms with Crippen molar-refractivity contribution in [3.63, 3.8) is 0 Å². The number of rotatable bonds is 3. The SMILES string of the molecule is CC1(c2ccc3nc(NC(=O)[O-])[nH]c3c2)c2ccccc2C(=O)N1c1cccc(C(F)(F)F)c1. The highest BCUT2D eigenvalue weighted by molar-refractivity contribution is 6.13. The number of fused-ring (bicyclic) bond motifs is 2.